The fraction of sp³-hybridized carbons (Fsp3) is 0.562. The molecule has 21 heavy (non-hydrogen) atoms. The van der Waals surface area contributed by atoms with Crippen molar-refractivity contribution in [2.75, 3.05) is 52.4 Å². The van der Waals surface area contributed by atoms with Crippen LogP contribution in [0.25, 0.3) is 0 Å². The SMILES string of the molecule is CC(=O)NCCN1CCN(CCOc2ccccc2)CC1. The van der Waals surface area contributed by atoms with Crippen molar-refractivity contribution in [3.8, 4) is 5.75 Å². The molecule has 1 aliphatic rings. The molecular formula is C16H25N3O2. The van der Waals surface area contributed by atoms with Crippen LogP contribution >= 0.6 is 0 Å². The van der Waals surface area contributed by atoms with Crippen LogP contribution in [-0.4, -0.2) is 68.1 Å². The van der Waals surface area contributed by atoms with Crippen LogP contribution in [0.2, 0.25) is 0 Å². The number of carbonyl (C=O) groups is 1. The van der Waals surface area contributed by atoms with E-state index in [0.29, 0.717) is 0 Å². The number of nitrogens with one attached hydrogen (secondary N) is 1. The van der Waals surface area contributed by atoms with Gasteiger partial charge in [0, 0.05) is 52.7 Å². The minimum Gasteiger partial charge on any atom is -0.492 e. The first-order valence-corrected chi connectivity index (χ1v) is 7.61. The normalized spacial score (nSPS) is 16.6. The summed E-state index contributed by atoms with van der Waals surface area (Å²) in [5.41, 5.74) is 0. The van der Waals surface area contributed by atoms with Gasteiger partial charge in [0.05, 0.1) is 0 Å². The molecule has 2 rings (SSSR count). The summed E-state index contributed by atoms with van der Waals surface area (Å²) < 4.78 is 5.72. The monoisotopic (exact) mass is 291 g/mol. The number of hydrogen-bond acceptors (Lipinski definition) is 4. The molecule has 1 fully saturated rings. The summed E-state index contributed by atoms with van der Waals surface area (Å²) in [4.78, 5) is 15.6. The molecule has 0 aromatic heterocycles. The molecule has 1 amide bonds. The number of carbonyl (C=O) groups excluding carboxylic acids is 1. The van der Waals surface area contributed by atoms with Gasteiger partial charge in [-0.15, -0.1) is 0 Å². The van der Waals surface area contributed by atoms with Gasteiger partial charge < -0.3 is 10.1 Å². The summed E-state index contributed by atoms with van der Waals surface area (Å²) in [6, 6.07) is 9.94. The zero-order valence-corrected chi connectivity index (χ0v) is 12.8. The molecule has 5 nitrogen and oxygen atoms in total. The first kappa shape index (κ1) is 15.8. The van der Waals surface area contributed by atoms with E-state index in [1.165, 1.54) is 0 Å². The highest BCUT2D eigenvalue weighted by atomic mass is 16.5. The quantitative estimate of drug-likeness (QED) is 0.808. The third kappa shape index (κ3) is 6.14. The minimum absolute atomic E-state index is 0.0479. The van der Waals surface area contributed by atoms with Crippen LogP contribution < -0.4 is 10.1 Å². The second kappa shape index (κ2) is 8.64. The van der Waals surface area contributed by atoms with Gasteiger partial charge in [-0.3, -0.25) is 14.6 Å². The lowest BCUT2D eigenvalue weighted by Gasteiger charge is -2.34. The number of para-hydroxylation sites is 1. The van der Waals surface area contributed by atoms with Crippen LogP contribution in [0.4, 0.5) is 0 Å². The highest BCUT2D eigenvalue weighted by Crippen LogP contribution is 2.08. The summed E-state index contributed by atoms with van der Waals surface area (Å²) >= 11 is 0. The maximum Gasteiger partial charge on any atom is 0.216 e. The second-order valence-corrected chi connectivity index (χ2v) is 5.33. The van der Waals surface area contributed by atoms with Gasteiger partial charge in [0.15, 0.2) is 0 Å². The van der Waals surface area contributed by atoms with E-state index in [1.54, 1.807) is 6.92 Å². The number of benzene rings is 1. The predicted octanol–water partition coefficient (Wildman–Crippen LogP) is 0.819. The van der Waals surface area contributed by atoms with Crippen LogP contribution in [0.5, 0.6) is 5.75 Å². The topological polar surface area (TPSA) is 44.8 Å². The van der Waals surface area contributed by atoms with Crippen molar-refractivity contribution < 1.29 is 9.53 Å². The second-order valence-electron chi connectivity index (χ2n) is 5.33. The summed E-state index contributed by atoms with van der Waals surface area (Å²) in [5, 5.41) is 2.84. The van der Waals surface area contributed by atoms with Crippen molar-refractivity contribution in [3.63, 3.8) is 0 Å². The lowest BCUT2D eigenvalue weighted by molar-refractivity contribution is -0.119. The molecule has 0 bridgehead atoms. The summed E-state index contributed by atoms with van der Waals surface area (Å²) in [5.74, 6) is 0.984. The van der Waals surface area contributed by atoms with E-state index in [9.17, 15) is 4.79 Å². The molecule has 0 aliphatic carbocycles. The first-order chi connectivity index (χ1) is 10.2. The fourth-order valence-corrected chi connectivity index (χ4v) is 2.44. The maximum absolute atomic E-state index is 10.8. The van der Waals surface area contributed by atoms with Gasteiger partial charge in [-0.1, -0.05) is 18.2 Å². The highest BCUT2D eigenvalue weighted by molar-refractivity contribution is 5.72. The van der Waals surface area contributed by atoms with Gasteiger partial charge >= 0.3 is 0 Å². The lowest BCUT2D eigenvalue weighted by atomic mass is 10.3. The molecule has 0 unspecified atom stereocenters. The van der Waals surface area contributed by atoms with Gasteiger partial charge in [-0.05, 0) is 12.1 Å². The zero-order valence-electron chi connectivity index (χ0n) is 12.8. The third-order valence-corrected chi connectivity index (χ3v) is 3.69. The van der Waals surface area contributed by atoms with E-state index in [-0.39, 0.29) is 5.91 Å². The molecule has 116 valence electrons. The smallest absolute Gasteiger partial charge is 0.216 e. The summed E-state index contributed by atoms with van der Waals surface area (Å²) in [7, 11) is 0. The van der Waals surface area contributed by atoms with Crippen molar-refractivity contribution in [1.29, 1.82) is 0 Å². The Labute approximate surface area is 126 Å². The number of piperazine rings is 1. The number of ether oxygens (including phenoxy) is 1. The van der Waals surface area contributed by atoms with Crippen molar-refractivity contribution in [2.24, 2.45) is 0 Å². The molecule has 1 heterocycles. The Balaban J connectivity index is 1.55. The Hall–Kier alpha value is -1.59. The molecule has 1 aliphatic heterocycles. The van der Waals surface area contributed by atoms with Crippen molar-refractivity contribution >= 4 is 5.91 Å². The first-order valence-electron chi connectivity index (χ1n) is 7.61. The van der Waals surface area contributed by atoms with E-state index in [4.69, 9.17) is 4.74 Å². The van der Waals surface area contributed by atoms with E-state index in [0.717, 1.165) is 58.2 Å². The number of rotatable bonds is 7. The van der Waals surface area contributed by atoms with E-state index < -0.39 is 0 Å². The van der Waals surface area contributed by atoms with Crippen LogP contribution in [0.1, 0.15) is 6.92 Å². The van der Waals surface area contributed by atoms with Crippen molar-refractivity contribution in [3.05, 3.63) is 30.3 Å². The number of hydrogen-bond donors (Lipinski definition) is 1. The Morgan fingerprint density at radius 1 is 1.10 bits per heavy atom. The Morgan fingerprint density at radius 2 is 1.71 bits per heavy atom. The van der Waals surface area contributed by atoms with Gasteiger partial charge in [-0.2, -0.15) is 0 Å². The highest BCUT2D eigenvalue weighted by Gasteiger charge is 2.16. The number of nitrogens with zero attached hydrogens (tertiary/aromatic N) is 2. The van der Waals surface area contributed by atoms with Crippen LogP contribution in [-0.2, 0) is 4.79 Å². The lowest BCUT2D eigenvalue weighted by Crippen LogP contribution is -2.49. The molecule has 1 aromatic rings. The molecule has 0 radical (unpaired) electrons. The van der Waals surface area contributed by atoms with Gasteiger partial charge in [0.25, 0.3) is 0 Å². The van der Waals surface area contributed by atoms with Gasteiger partial charge in [0.2, 0.25) is 5.91 Å². The maximum atomic E-state index is 10.8. The Morgan fingerprint density at radius 3 is 2.33 bits per heavy atom. The summed E-state index contributed by atoms with van der Waals surface area (Å²) in [6.07, 6.45) is 0. The summed E-state index contributed by atoms with van der Waals surface area (Å²) in [6.45, 7) is 9.20. The molecule has 0 saturated carbocycles. The predicted molar refractivity (Wildman–Crippen MR) is 83.5 cm³/mol. The Bertz CT molecular complexity index is 417. The van der Waals surface area contributed by atoms with Crippen LogP contribution in [0.3, 0.4) is 0 Å². The average Bonchev–Trinajstić information content (AvgIpc) is 2.50. The van der Waals surface area contributed by atoms with E-state index >= 15 is 0 Å². The van der Waals surface area contributed by atoms with Crippen LogP contribution in [0, 0.1) is 0 Å². The average molecular weight is 291 g/mol. The third-order valence-electron chi connectivity index (χ3n) is 3.69. The minimum atomic E-state index is 0.0479. The zero-order chi connectivity index (χ0) is 14.9. The van der Waals surface area contributed by atoms with E-state index in [2.05, 4.69) is 15.1 Å². The molecule has 0 atom stereocenters. The Kier molecular flexibility index (Phi) is 6.50. The molecule has 0 spiro atoms. The molecule has 5 heteroatoms. The van der Waals surface area contributed by atoms with Crippen molar-refractivity contribution in [1.82, 2.24) is 15.1 Å². The molecule has 1 aromatic carbocycles. The largest absolute Gasteiger partial charge is 0.492 e. The molecule has 1 saturated heterocycles. The van der Waals surface area contributed by atoms with Crippen LogP contribution in [0.15, 0.2) is 30.3 Å². The molecule has 1 N–H and O–H groups in total. The molecular weight excluding hydrogens is 266 g/mol. The van der Waals surface area contributed by atoms with Gasteiger partial charge in [-0.25, -0.2) is 0 Å². The van der Waals surface area contributed by atoms with Gasteiger partial charge in [0.1, 0.15) is 12.4 Å². The van der Waals surface area contributed by atoms with Crippen molar-refractivity contribution in [2.45, 2.75) is 6.92 Å². The fourth-order valence-electron chi connectivity index (χ4n) is 2.44. The number of amides is 1. The van der Waals surface area contributed by atoms with E-state index in [1.807, 2.05) is 30.3 Å². The standard InChI is InChI=1S/C16H25N3O2/c1-15(20)17-7-8-18-9-11-19(12-10-18)13-14-21-16-5-3-2-4-6-16/h2-6H,7-14H2,1H3,(H,17,20).